The van der Waals surface area contributed by atoms with E-state index >= 15 is 0 Å². The summed E-state index contributed by atoms with van der Waals surface area (Å²) in [6, 6.07) is 14.9. The Balaban J connectivity index is 0.000000232. The summed E-state index contributed by atoms with van der Waals surface area (Å²) in [5.41, 5.74) is 3.20. The maximum Gasteiger partial charge on any atom is 0.254 e. The van der Waals surface area contributed by atoms with Crippen LogP contribution in [0.15, 0.2) is 76.6 Å². The number of allylic oxidation sites excluding steroid dienone is 2. The number of hydrogen-bond donors (Lipinski definition) is 1. The first-order valence-corrected chi connectivity index (χ1v) is 21.2. The Morgan fingerprint density at radius 2 is 1.45 bits per heavy atom. The summed E-state index contributed by atoms with van der Waals surface area (Å²) in [6.07, 6.45) is 5.00. The summed E-state index contributed by atoms with van der Waals surface area (Å²) in [6.45, 7) is 15.7. The fraction of sp³-hybridized carbons (Fsp3) is 0.524. The number of carbonyl (C=O) groups excluding carboxylic acids is 3. The Labute approximate surface area is 351 Å². The van der Waals surface area contributed by atoms with Gasteiger partial charge in [-0.05, 0) is 81.5 Å². The van der Waals surface area contributed by atoms with Crippen molar-refractivity contribution in [3.05, 3.63) is 92.6 Å². The van der Waals surface area contributed by atoms with Crippen molar-refractivity contribution >= 4 is 69.9 Å². The van der Waals surface area contributed by atoms with Crippen molar-refractivity contribution < 1.29 is 34.0 Å². The number of aliphatic hydroxyl groups is 1. The van der Waals surface area contributed by atoms with Gasteiger partial charge in [-0.15, -0.1) is 0 Å². The monoisotopic (exact) mass is 851 g/mol. The molecule has 0 saturated carbocycles. The Bertz CT molecular complexity index is 1650. The molecule has 2 amide bonds. The molecule has 0 spiro atoms. The first-order chi connectivity index (χ1) is 26.5. The quantitative estimate of drug-likeness (QED) is 0.113. The van der Waals surface area contributed by atoms with Crippen molar-refractivity contribution in [1.29, 1.82) is 0 Å². The first-order valence-electron chi connectivity index (χ1n) is 18.9. The fourth-order valence-corrected chi connectivity index (χ4v) is 7.57. The Morgan fingerprint density at radius 3 is 1.86 bits per heavy atom. The van der Waals surface area contributed by atoms with Crippen molar-refractivity contribution in [3.63, 3.8) is 0 Å². The van der Waals surface area contributed by atoms with Crippen molar-refractivity contribution in [3.8, 4) is 0 Å². The molecule has 0 aromatic heterocycles. The highest BCUT2D eigenvalue weighted by Gasteiger charge is 2.41. The highest BCUT2D eigenvalue weighted by atomic mass is 35.5. The number of halogens is 3. The van der Waals surface area contributed by atoms with Gasteiger partial charge in [0.15, 0.2) is 5.78 Å². The summed E-state index contributed by atoms with van der Waals surface area (Å²) in [4.78, 5) is 52.3. The number of oxime groups is 1. The molecule has 2 saturated heterocycles. The van der Waals surface area contributed by atoms with Gasteiger partial charge < -0.3 is 9.94 Å². The topological polar surface area (TPSA) is 118 Å². The third-order valence-electron chi connectivity index (χ3n) is 9.17. The molecule has 2 fully saturated rings. The number of aliphatic hydroxyl groups excluding tert-OH is 1. The Morgan fingerprint density at radius 1 is 0.929 bits per heavy atom. The number of Topliss-reactive ketones (excluding diaryl/α,β-unsaturated/α-hetero) is 1. The second-order valence-electron chi connectivity index (χ2n) is 15.1. The molecule has 2 atom stereocenters. The molecule has 2 aliphatic heterocycles. The van der Waals surface area contributed by atoms with E-state index in [9.17, 15) is 19.5 Å². The molecule has 5 rings (SSSR count). The molecule has 2 heterocycles. The average Bonchev–Trinajstić information content (AvgIpc) is 3.55. The largest absolute Gasteiger partial charge is 0.511 e. The van der Waals surface area contributed by atoms with E-state index in [4.69, 9.17) is 49.3 Å². The number of rotatable bonds is 14. The van der Waals surface area contributed by atoms with Crippen LogP contribution in [0.3, 0.4) is 0 Å². The van der Waals surface area contributed by atoms with Crippen molar-refractivity contribution in [2.24, 2.45) is 21.9 Å². The smallest absolute Gasteiger partial charge is 0.254 e. The molecule has 1 aliphatic carbocycles. The molecule has 56 heavy (non-hydrogen) atoms. The van der Waals surface area contributed by atoms with Crippen molar-refractivity contribution in [1.82, 2.24) is 10.1 Å². The van der Waals surface area contributed by atoms with Crippen LogP contribution < -0.4 is 0 Å². The maximum atomic E-state index is 12.6. The number of amides is 2. The number of ketones is 1. The standard InChI is InChI=1S/C18H28ClNO3S.2C12H14ClNO2/c1-4-7-15(20-23-9-6-8-19)18-16(21)11-14(12-17(18)22)10-13(3)24-5-2;2*1-12(2)8-16-14(11(12)15)7-9-5-3-4-6-10(9)13/h6,8,13-14,21H,4-5,7,9-12H2,1-3H3;2*3-6H,7-8H2,1-2H3/b8-6+,20-15+;;. The number of thioether (sulfide) groups is 1. The van der Waals surface area contributed by atoms with Crippen LogP contribution in [0, 0.1) is 16.7 Å². The van der Waals surface area contributed by atoms with E-state index in [1.165, 1.54) is 15.7 Å². The molecule has 2 aromatic rings. The molecule has 1 N–H and O–H groups in total. The zero-order valence-electron chi connectivity index (χ0n) is 33.5. The van der Waals surface area contributed by atoms with Crippen LogP contribution in [0.25, 0.3) is 0 Å². The van der Waals surface area contributed by atoms with E-state index in [0.717, 1.165) is 29.7 Å². The molecule has 14 heteroatoms. The van der Waals surface area contributed by atoms with E-state index in [-0.39, 0.29) is 35.9 Å². The van der Waals surface area contributed by atoms with Gasteiger partial charge in [-0.2, -0.15) is 11.8 Å². The lowest BCUT2D eigenvalue weighted by Crippen LogP contribution is -2.30. The maximum absolute atomic E-state index is 12.6. The van der Waals surface area contributed by atoms with Crippen molar-refractivity contribution in [2.45, 2.75) is 98.9 Å². The zero-order valence-corrected chi connectivity index (χ0v) is 36.6. The number of hydroxylamine groups is 4. The lowest BCUT2D eigenvalue weighted by molar-refractivity contribution is -0.165. The molecule has 10 nitrogen and oxygen atoms in total. The predicted molar refractivity (Wildman–Crippen MR) is 226 cm³/mol. The van der Waals surface area contributed by atoms with Crippen LogP contribution >= 0.6 is 46.6 Å². The molecular weight excluding hydrogens is 797 g/mol. The SMILES string of the molecule is CC1(C)CON(Cc2ccccc2Cl)C1=O.CC1(C)CON(Cc2ccccc2Cl)C1=O.CCC/C(=N\OC/C=C/Cl)C1=C(O)CC(CC(C)SCC)CC1=O. The number of carbonyl (C=O) groups is 3. The van der Waals surface area contributed by atoms with Gasteiger partial charge in [0.05, 0.1) is 48.4 Å². The molecule has 2 unspecified atom stereocenters. The Kier molecular flexibility index (Phi) is 19.2. The van der Waals surface area contributed by atoms with E-state index in [1.807, 2.05) is 94.9 Å². The summed E-state index contributed by atoms with van der Waals surface area (Å²) in [7, 11) is 0. The third kappa shape index (κ3) is 14.1. The summed E-state index contributed by atoms with van der Waals surface area (Å²) < 4.78 is 0. The summed E-state index contributed by atoms with van der Waals surface area (Å²) in [5.74, 6) is 1.42. The predicted octanol–water partition coefficient (Wildman–Crippen LogP) is 10.5. The molecule has 0 bridgehead atoms. The van der Waals surface area contributed by atoms with Gasteiger partial charge in [0, 0.05) is 33.7 Å². The van der Waals surface area contributed by atoms with Gasteiger partial charge in [0.25, 0.3) is 11.8 Å². The van der Waals surface area contributed by atoms with E-state index < -0.39 is 10.8 Å². The van der Waals surface area contributed by atoms with Gasteiger partial charge in [-0.25, -0.2) is 10.1 Å². The molecular formula is C42H56Cl3N3O7S. The minimum Gasteiger partial charge on any atom is -0.511 e. The van der Waals surface area contributed by atoms with Gasteiger partial charge in [-0.3, -0.25) is 24.1 Å². The third-order valence-corrected chi connectivity index (χ3v) is 11.2. The summed E-state index contributed by atoms with van der Waals surface area (Å²) >= 11 is 19.4. The molecule has 308 valence electrons. The van der Waals surface area contributed by atoms with E-state index in [2.05, 4.69) is 19.0 Å². The highest BCUT2D eigenvalue weighted by Crippen LogP contribution is 2.33. The Hall–Kier alpha value is -3.06. The van der Waals surface area contributed by atoms with Crippen LogP contribution in [0.2, 0.25) is 10.0 Å². The van der Waals surface area contributed by atoms with Gasteiger partial charge in [-0.1, -0.05) is 104 Å². The molecule has 3 aliphatic rings. The van der Waals surface area contributed by atoms with E-state index in [0.29, 0.717) is 72.1 Å². The number of nitrogens with zero attached hydrogens (tertiary/aromatic N) is 3. The van der Waals surface area contributed by atoms with Gasteiger partial charge >= 0.3 is 0 Å². The van der Waals surface area contributed by atoms with Crippen LogP contribution in [0.4, 0.5) is 0 Å². The van der Waals surface area contributed by atoms with Gasteiger partial charge in [0.2, 0.25) is 0 Å². The average molecular weight is 853 g/mol. The van der Waals surface area contributed by atoms with Crippen LogP contribution in [0.1, 0.15) is 91.7 Å². The molecule has 0 radical (unpaired) electrons. The highest BCUT2D eigenvalue weighted by molar-refractivity contribution is 7.99. The van der Waals surface area contributed by atoms with Crippen LogP contribution in [-0.4, -0.2) is 69.4 Å². The fourth-order valence-electron chi connectivity index (χ4n) is 6.13. The second kappa shape index (κ2) is 22.8. The minimum atomic E-state index is -0.429. The lowest BCUT2D eigenvalue weighted by Gasteiger charge is -2.25. The van der Waals surface area contributed by atoms with Crippen molar-refractivity contribution in [2.75, 3.05) is 25.6 Å². The number of benzene rings is 2. The van der Waals surface area contributed by atoms with Gasteiger partial charge in [0.1, 0.15) is 12.4 Å². The lowest BCUT2D eigenvalue weighted by atomic mass is 9.82. The second-order valence-corrected chi connectivity index (χ2v) is 17.9. The summed E-state index contributed by atoms with van der Waals surface area (Å²) in [5, 5.41) is 19.1. The first kappa shape index (κ1) is 47.3. The zero-order chi connectivity index (χ0) is 41.5. The van der Waals surface area contributed by atoms with Crippen LogP contribution in [-0.2, 0) is 42.0 Å². The number of hydrogen-bond acceptors (Lipinski definition) is 9. The normalized spacial score (nSPS) is 19.9. The van der Waals surface area contributed by atoms with Crippen LogP contribution in [0.5, 0.6) is 0 Å². The minimum absolute atomic E-state index is 0.00687. The molecule has 2 aromatic carbocycles. The van der Waals surface area contributed by atoms with E-state index in [1.54, 1.807) is 6.08 Å².